The van der Waals surface area contributed by atoms with Crippen molar-refractivity contribution in [1.82, 2.24) is 24.5 Å². The molecule has 0 radical (unpaired) electrons. The van der Waals surface area contributed by atoms with Gasteiger partial charge in [0.2, 0.25) is 6.79 Å². The highest BCUT2D eigenvalue weighted by Crippen LogP contribution is 2.36. The summed E-state index contributed by atoms with van der Waals surface area (Å²) in [6.07, 6.45) is 6.06. The molecule has 0 fully saturated rings. The zero-order chi connectivity index (χ0) is 20.5. The monoisotopic (exact) mass is 401 g/mol. The van der Waals surface area contributed by atoms with E-state index >= 15 is 0 Å². The van der Waals surface area contributed by atoms with Crippen molar-refractivity contribution in [3.63, 3.8) is 0 Å². The zero-order valence-electron chi connectivity index (χ0n) is 17.0. The lowest BCUT2D eigenvalue weighted by Crippen LogP contribution is -2.17. The molecule has 4 aromatic rings. The Bertz CT molecular complexity index is 1170. The van der Waals surface area contributed by atoms with Crippen molar-refractivity contribution >= 4 is 0 Å². The van der Waals surface area contributed by atoms with E-state index in [9.17, 15) is 0 Å². The molecule has 30 heavy (non-hydrogen) atoms. The molecule has 0 unspecified atom stereocenters. The van der Waals surface area contributed by atoms with E-state index in [1.54, 1.807) is 0 Å². The van der Waals surface area contributed by atoms with Gasteiger partial charge in [-0.05, 0) is 37.4 Å². The molecule has 0 saturated heterocycles. The molecule has 0 amide bonds. The van der Waals surface area contributed by atoms with Crippen LogP contribution in [0.5, 0.6) is 11.5 Å². The van der Waals surface area contributed by atoms with E-state index in [-0.39, 0.29) is 6.79 Å². The molecule has 0 bridgehead atoms. The first kappa shape index (κ1) is 18.4. The fraction of sp³-hybridized carbons (Fsp3) is 0.217. The average Bonchev–Trinajstić information content (AvgIpc) is 3.48. The molecule has 0 N–H and O–H groups in total. The maximum absolute atomic E-state index is 5.58. The standard InChI is InChI=1S/C23H23N5O2/c1-26(12-17-11-24-27(2)13-17)14-19-15-28(20-6-4-3-5-7-20)25-23(19)18-8-9-21-22(10-18)30-16-29-21/h3-11,13,15H,12,14,16H2,1-2H3. The summed E-state index contributed by atoms with van der Waals surface area (Å²) in [7, 11) is 4.04. The first-order valence-electron chi connectivity index (χ1n) is 9.86. The van der Waals surface area contributed by atoms with Gasteiger partial charge in [-0.1, -0.05) is 18.2 Å². The van der Waals surface area contributed by atoms with Crippen LogP contribution in [-0.2, 0) is 20.1 Å². The van der Waals surface area contributed by atoms with Crippen LogP contribution in [0.3, 0.4) is 0 Å². The predicted molar refractivity (Wildman–Crippen MR) is 114 cm³/mol. The van der Waals surface area contributed by atoms with Crippen LogP contribution in [-0.4, -0.2) is 38.3 Å². The summed E-state index contributed by atoms with van der Waals surface area (Å²) < 4.78 is 14.8. The van der Waals surface area contributed by atoms with Gasteiger partial charge >= 0.3 is 0 Å². The number of rotatable bonds is 6. The quantitative estimate of drug-likeness (QED) is 0.494. The van der Waals surface area contributed by atoms with Gasteiger partial charge < -0.3 is 9.47 Å². The number of hydrogen-bond donors (Lipinski definition) is 0. The maximum atomic E-state index is 5.58. The Morgan fingerprint density at radius 2 is 1.83 bits per heavy atom. The third-order valence-electron chi connectivity index (χ3n) is 5.11. The van der Waals surface area contributed by atoms with E-state index in [4.69, 9.17) is 14.6 Å². The SMILES string of the molecule is CN(Cc1cnn(C)c1)Cc1cn(-c2ccccc2)nc1-c1ccc2c(c1)OCO2. The van der Waals surface area contributed by atoms with Gasteiger partial charge in [-0.25, -0.2) is 4.68 Å². The minimum atomic E-state index is 0.262. The summed E-state index contributed by atoms with van der Waals surface area (Å²) in [5.41, 5.74) is 5.30. The van der Waals surface area contributed by atoms with Crippen molar-refractivity contribution in [1.29, 1.82) is 0 Å². The highest BCUT2D eigenvalue weighted by atomic mass is 16.7. The van der Waals surface area contributed by atoms with Crippen molar-refractivity contribution in [2.24, 2.45) is 7.05 Å². The van der Waals surface area contributed by atoms with Gasteiger partial charge in [0.05, 0.1) is 17.6 Å². The highest BCUT2D eigenvalue weighted by molar-refractivity contribution is 5.67. The van der Waals surface area contributed by atoms with Gasteiger partial charge in [-0.15, -0.1) is 0 Å². The molecule has 2 aromatic heterocycles. The topological polar surface area (TPSA) is 57.3 Å². The van der Waals surface area contributed by atoms with Gasteiger partial charge in [-0.2, -0.15) is 10.2 Å². The second-order valence-electron chi connectivity index (χ2n) is 7.55. The number of fused-ring (bicyclic) bond motifs is 1. The van der Waals surface area contributed by atoms with Crippen molar-refractivity contribution in [2.75, 3.05) is 13.8 Å². The highest BCUT2D eigenvalue weighted by Gasteiger charge is 2.19. The van der Waals surface area contributed by atoms with Gasteiger partial charge in [-0.3, -0.25) is 9.58 Å². The smallest absolute Gasteiger partial charge is 0.231 e. The fourth-order valence-corrected chi connectivity index (χ4v) is 3.74. The van der Waals surface area contributed by atoms with Crippen LogP contribution in [0, 0.1) is 0 Å². The van der Waals surface area contributed by atoms with Crippen LogP contribution in [0.15, 0.2) is 67.1 Å². The normalized spacial score (nSPS) is 12.6. The molecule has 152 valence electrons. The average molecular weight is 401 g/mol. The van der Waals surface area contributed by atoms with E-state index < -0.39 is 0 Å². The number of benzene rings is 2. The summed E-state index contributed by atoms with van der Waals surface area (Å²) in [5.74, 6) is 1.54. The first-order chi connectivity index (χ1) is 14.7. The van der Waals surface area contributed by atoms with E-state index in [1.165, 1.54) is 5.56 Å². The van der Waals surface area contributed by atoms with Crippen LogP contribution in [0.4, 0.5) is 0 Å². The molecular weight excluding hydrogens is 378 g/mol. The lowest BCUT2D eigenvalue weighted by Gasteiger charge is -2.15. The van der Waals surface area contributed by atoms with Gasteiger partial charge in [0.1, 0.15) is 0 Å². The molecule has 3 heterocycles. The van der Waals surface area contributed by atoms with Crippen LogP contribution in [0.1, 0.15) is 11.1 Å². The molecule has 0 spiro atoms. The summed E-state index contributed by atoms with van der Waals surface area (Å²) in [4.78, 5) is 2.26. The Morgan fingerprint density at radius 1 is 1.00 bits per heavy atom. The largest absolute Gasteiger partial charge is 0.454 e. The molecular formula is C23H23N5O2. The number of ether oxygens (including phenoxy) is 2. The zero-order valence-corrected chi connectivity index (χ0v) is 17.0. The number of hydrogen-bond acceptors (Lipinski definition) is 5. The summed E-state index contributed by atoms with van der Waals surface area (Å²) >= 11 is 0. The summed E-state index contributed by atoms with van der Waals surface area (Å²) in [6, 6.07) is 16.1. The lowest BCUT2D eigenvalue weighted by atomic mass is 10.1. The van der Waals surface area contributed by atoms with Crippen LogP contribution >= 0.6 is 0 Å². The van der Waals surface area contributed by atoms with Crippen molar-refractivity contribution in [3.8, 4) is 28.4 Å². The summed E-state index contributed by atoms with van der Waals surface area (Å²) in [6.45, 7) is 1.83. The molecule has 0 atom stereocenters. The van der Waals surface area contributed by atoms with Crippen LogP contribution in [0.2, 0.25) is 0 Å². The van der Waals surface area contributed by atoms with E-state index in [0.29, 0.717) is 0 Å². The third kappa shape index (κ3) is 3.67. The maximum Gasteiger partial charge on any atom is 0.231 e. The Kier molecular flexibility index (Phi) is 4.72. The Balaban J connectivity index is 1.49. The number of nitrogens with zero attached hydrogens (tertiary/aromatic N) is 5. The predicted octanol–water partition coefficient (Wildman–Crippen LogP) is 3.63. The second kappa shape index (κ2) is 7.68. The second-order valence-corrected chi connectivity index (χ2v) is 7.55. The van der Waals surface area contributed by atoms with Gasteiger partial charge in [0, 0.05) is 49.2 Å². The van der Waals surface area contributed by atoms with E-state index in [0.717, 1.165) is 47.1 Å². The van der Waals surface area contributed by atoms with Crippen LogP contribution in [0.25, 0.3) is 16.9 Å². The summed E-state index contributed by atoms with van der Waals surface area (Å²) in [5, 5.41) is 9.18. The molecule has 7 heteroatoms. The number of aryl methyl sites for hydroxylation is 1. The molecule has 5 rings (SSSR count). The van der Waals surface area contributed by atoms with Crippen molar-refractivity contribution < 1.29 is 9.47 Å². The van der Waals surface area contributed by atoms with Gasteiger partial charge in [0.25, 0.3) is 0 Å². The Hall–Kier alpha value is -3.58. The Labute approximate surface area is 175 Å². The molecule has 2 aromatic carbocycles. The Morgan fingerprint density at radius 3 is 2.63 bits per heavy atom. The molecule has 0 aliphatic carbocycles. The van der Waals surface area contributed by atoms with E-state index in [2.05, 4.69) is 35.4 Å². The van der Waals surface area contributed by atoms with Crippen molar-refractivity contribution in [2.45, 2.75) is 13.1 Å². The minimum absolute atomic E-state index is 0.262. The number of aromatic nitrogens is 4. The number of para-hydroxylation sites is 1. The van der Waals surface area contributed by atoms with Gasteiger partial charge in [0.15, 0.2) is 11.5 Å². The minimum Gasteiger partial charge on any atom is -0.454 e. The first-order valence-corrected chi connectivity index (χ1v) is 9.86. The molecule has 0 saturated carbocycles. The van der Waals surface area contributed by atoms with Crippen molar-refractivity contribution in [3.05, 3.63) is 78.2 Å². The molecule has 1 aliphatic rings. The van der Waals surface area contributed by atoms with E-state index in [1.807, 2.05) is 65.2 Å². The lowest BCUT2D eigenvalue weighted by molar-refractivity contribution is 0.174. The van der Waals surface area contributed by atoms with Crippen LogP contribution < -0.4 is 9.47 Å². The molecule has 7 nitrogen and oxygen atoms in total. The third-order valence-corrected chi connectivity index (χ3v) is 5.11. The fourth-order valence-electron chi connectivity index (χ4n) is 3.74. The molecule has 1 aliphatic heterocycles.